The van der Waals surface area contributed by atoms with E-state index in [0.717, 1.165) is 4.90 Å². The average molecular weight is 181 g/mol. The van der Waals surface area contributed by atoms with Crippen molar-refractivity contribution in [3.05, 3.63) is 0 Å². The van der Waals surface area contributed by atoms with E-state index in [0.29, 0.717) is 0 Å². The highest BCUT2D eigenvalue weighted by molar-refractivity contribution is 6.02. The Labute approximate surface area is 76.1 Å². The Balaban J connectivity index is 2.69. The van der Waals surface area contributed by atoms with E-state index in [1.54, 1.807) is 0 Å². The molecule has 2 N–H and O–H groups in total. The van der Waals surface area contributed by atoms with Crippen LogP contribution < -0.4 is 5.73 Å². The second-order valence-electron chi connectivity index (χ2n) is 3.40. The van der Waals surface area contributed by atoms with Gasteiger partial charge in [-0.1, -0.05) is 0 Å². The van der Waals surface area contributed by atoms with E-state index in [4.69, 9.17) is 11.0 Å². The van der Waals surface area contributed by atoms with Crippen molar-refractivity contribution in [2.75, 3.05) is 6.54 Å². The molecule has 1 heterocycles. The summed E-state index contributed by atoms with van der Waals surface area (Å²) in [5.74, 6) is -0.478. The Morgan fingerprint density at radius 3 is 2.38 bits per heavy atom. The van der Waals surface area contributed by atoms with Gasteiger partial charge < -0.3 is 5.73 Å². The van der Waals surface area contributed by atoms with Crippen LogP contribution in [0.2, 0.25) is 0 Å². The van der Waals surface area contributed by atoms with Crippen molar-refractivity contribution < 1.29 is 9.59 Å². The fourth-order valence-electron chi connectivity index (χ4n) is 1.16. The molecule has 1 aliphatic heterocycles. The molecule has 0 radical (unpaired) electrons. The number of likely N-dealkylation sites (tertiary alicyclic amines) is 1. The molecule has 0 aromatic rings. The summed E-state index contributed by atoms with van der Waals surface area (Å²) in [6.07, 6.45) is 0.473. The van der Waals surface area contributed by atoms with Crippen LogP contribution in [0.5, 0.6) is 0 Å². The summed E-state index contributed by atoms with van der Waals surface area (Å²) in [7, 11) is 0. The molecular formula is C8H11N3O2. The summed E-state index contributed by atoms with van der Waals surface area (Å²) < 4.78 is 0. The maximum absolute atomic E-state index is 11.1. The number of nitriles is 1. The van der Waals surface area contributed by atoms with Gasteiger partial charge in [0.15, 0.2) is 0 Å². The van der Waals surface area contributed by atoms with Gasteiger partial charge in [-0.2, -0.15) is 5.26 Å². The van der Waals surface area contributed by atoms with E-state index in [-0.39, 0.29) is 31.2 Å². The number of amides is 2. The number of hydrogen-bond donors (Lipinski definition) is 1. The van der Waals surface area contributed by atoms with Crippen LogP contribution in [0.25, 0.3) is 0 Å². The zero-order chi connectivity index (χ0) is 10.1. The van der Waals surface area contributed by atoms with Gasteiger partial charge in [0, 0.05) is 12.8 Å². The normalized spacial score (nSPS) is 21.5. The molecule has 5 nitrogen and oxygen atoms in total. The van der Waals surface area contributed by atoms with Crippen LogP contribution in [0.1, 0.15) is 19.8 Å². The minimum atomic E-state index is -1.14. The third-order valence-corrected chi connectivity index (χ3v) is 1.90. The molecule has 70 valence electrons. The molecule has 5 heteroatoms. The Morgan fingerprint density at radius 1 is 1.54 bits per heavy atom. The van der Waals surface area contributed by atoms with Crippen molar-refractivity contribution in [3.8, 4) is 6.07 Å². The predicted molar refractivity (Wildman–Crippen MR) is 44.2 cm³/mol. The first-order chi connectivity index (χ1) is 5.96. The number of nitrogens with two attached hydrogens (primary N) is 1. The molecule has 0 spiro atoms. The van der Waals surface area contributed by atoms with E-state index in [1.165, 1.54) is 6.92 Å². The lowest BCUT2D eigenvalue weighted by atomic mass is 10.1. The fourth-order valence-corrected chi connectivity index (χ4v) is 1.16. The first kappa shape index (κ1) is 9.68. The molecule has 2 amide bonds. The van der Waals surface area contributed by atoms with Crippen molar-refractivity contribution >= 4 is 11.8 Å². The monoisotopic (exact) mass is 181 g/mol. The SMILES string of the molecule is CC(N)(C#N)CN1C(=O)CCC1=O. The van der Waals surface area contributed by atoms with E-state index in [1.807, 2.05) is 6.07 Å². The standard InChI is InChI=1S/C8H11N3O2/c1-8(10,4-9)5-11-6(12)2-3-7(11)13/h2-3,5,10H2,1H3. The van der Waals surface area contributed by atoms with Gasteiger partial charge in [-0.3, -0.25) is 14.5 Å². The van der Waals surface area contributed by atoms with Crippen molar-refractivity contribution in [2.24, 2.45) is 5.73 Å². The molecule has 1 saturated heterocycles. The molecule has 1 atom stereocenters. The summed E-state index contributed by atoms with van der Waals surface area (Å²) in [6, 6.07) is 1.84. The highest BCUT2D eigenvalue weighted by Crippen LogP contribution is 2.14. The van der Waals surface area contributed by atoms with Crippen molar-refractivity contribution in [1.82, 2.24) is 4.90 Å². The van der Waals surface area contributed by atoms with Gasteiger partial charge in [0.2, 0.25) is 11.8 Å². The molecule has 13 heavy (non-hydrogen) atoms. The smallest absolute Gasteiger partial charge is 0.229 e. The number of hydrogen-bond acceptors (Lipinski definition) is 4. The molecule has 1 rings (SSSR count). The van der Waals surface area contributed by atoms with Crippen LogP contribution in [0.3, 0.4) is 0 Å². The lowest BCUT2D eigenvalue weighted by molar-refractivity contribution is -0.138. The Morgan fingerprint density at radius 2 is 2.00 bits per heavy atom. The third-order valence-electron chi connectivity index (χ3n) is 1.90. The second kappa shape index (κ2) is 3.15. The third kappa shape index (κ3) is 2.04. The van der Waals surface area contributed by atoms with Crippen molar-refractivity contribution in [1.29, 1.82) is 5.26 Å². The van der Waals surface area contributed by atoms with E-state index < -0.39 is 5.54 Å². The molecule has 1 aliphatic rings. The van der Waals surface area contributed by atoms with Crippen molar-refractivity contribution in [3.63, 3.8) is 0 Å². The highest BCUT2D eigenvalue weighted by Gasteiger charge is 2.33. The zero-order valence-electron chi connectivity index (χ0n) is 7.41. The maximum Gasteiger partial charge on any atom is 0.229 e. The molecule has 0 saturated carbocycles. The van der Waals surface area contributed by atoms with Gasteiger partial charge in [-0.15, -0.1) is 0 Å². The largest absolute Gasteiger partial charge is 0.312 e. The average Bonchev–Trinajstić information content (AvgIpc) is 2.36. The highest BCUT2D eigenvalue weighted by atomic mass is 16.2. The van der Waals surface area contributed by atoms with Gasteiger partial charge >= 0.3 is 0 Å². The van der Waals surface area contributed by atoms with Gasteiger partial charge in [0.05, 0.1) is 12.6 Å². The Bertz CT molecular complexity index is 274. The molecule has 0 aliphatic carbocycles. The van der Waals surface area contributed by atoms with Crippen LogP contribution in [-0.4, -0.2) is 28.8 Å². The van der Waals surface area contributed by atoms with Gasteiger partial charge in [-0.25, -0.2) is 0 Å². The second-order valence-corrected chi connectivity index (χ2v) is 3.40. The summed E-state index contributed by atoms with van der Waals surface area (Å²) in [4.78, 5) is 23.3. The van der Waals surface area contributed by atoms with Gasteiger partial charge in [0.25, 0.3) is 0 Å². The quantitative estimate of drug-likeness (QED) is 0.575. The van der Waals surface area contributed by atoms with Crippen LogP contribution >= 0.6 is 0 Å². The predicted octanol–water partition coefficient (Wildman–Crippen LogP) is -0.624. The number of imide groups is 1. The first-order valence-electron chi connectivity index (χ1n) is 3.99. The molecular weight excluding hydrogens is 170 g/mol. The molecule has 1 unspecified atom stereocenters. The minimum Gasteiger partial charge on any atom is -0.312 e. The van der Waals surface area contributed by atoms with Crippen molar-refractivity contribution in [2.45, 2.75) is 25.3 Å². The van der Waals surface area contributed by atoms with Crippen LogP contribution in [0.4, 0.5) is 0 Å². The Kier molecular flexibility index (Phi) is 2.34. The molecule has 1 fully saturated rings. The maximum atomic E-state index is 11.1. The summed E-state index contributed by atoms with van der Waals surface area (Å²) in [5, 5.41) is 8.60. The Hall–Kier alpha value is -1.41. The summed E-state index contributed by atoms with van der Waals surface area (Å²) in [6.45, 7) is 1.48. The number of carbonyl (C=O) groups excluding carboxylic acids is 2. The van der Waals surface area contributed by atoms with Gasteiger partial charge in [0.1, 0.15) is 5.54 Å². The van der Waals surface area contributed by atoms with Crippen LogP contribution in [0.15, 0.2) is 0 Å². The van der Waals surface area contributed by atoms with Gasteiger partial charge in [-0.05, 0) is 6.92 Å². The molecule has 0 aromatic carbocycles. The van der Waals surface area contributed by atoms with E-state index in [9.17, 15) is 9.59 Å². The number of rotatable bonds is 2. The summed E-state index contributed by atoms with van der Waals surface area (Å²) >= 11 is 0. The van der Waals surface area contributed by atoms with Crippen LogP contribution in [0, 0.1) is 11.3 Å². The number of carbonyl (C=O) groups is 2. The molecule has 0 bridgehead atoms. The minimum absolute atomic E-state index is 0.0127. The van der Waals surface area contributed by atoms with E-state index in [2.05, 4.69) is 0 Å². The fraction of sp³-hybridized carbons (Fsp3) is 0.625. The lowest BCUT2D eigenvalue weighted by Crippen LogP contribution is -2.48. The number of nitrogens with zero attached hydrogens (tertiary/aromatic N) is 2. The lowest BCUT2D eigenvalue weighted by Gasteiger charge is -2.21. The van der Waals surface area contributed by atoms with E-state index >= 15 is 0 Å². The molecule has 0 aromatic heterocycles. The topological polar surface area (TPSA) is 87.2 Å². The van der Waals surface area contributed by atoms with Crippen LogP contribution in [-0.2, 0) is 9.59 Å². The first-order valence-corrected chi connectivity index (χ1v) is 3.99. The summed E-state index contributed by atoms with van der Waals surface area (Å²) in [5.41, 5.74) is 4.37. The zero-order valence-corrected chi connectivity index (χ0v) is 7.41.